The van der Waals surface area contributed by atoms with Gasteiger partial charge in [-0.2, -0.15) is 0 Å². The Kier molecular flexibility index (Phi) is 5.91. The van der Waals surface area contributed by atoms with Gasteiger partial charge in [-0.05, 0) is 40.5 Å². The number of alkyl carbamates (subject to hydrolysis) is 1. The predicted octanol–water partition coefficient (Wildman–Crippen LogP) is 3.92. The summed E-state index contributed by atoms with van der Waals surface area (Å²) in [5.41, 5.74) is 3.17. The van der Waals surface area contributed by atoms with Crippen LogP contribution in [0.2, 0.25) is 0 Å². The van der Waals surface area contributed by atoms with Crippen LogP contribution in [0.1, 0.15) is 50.7 Å². The second-order valence-electron chi connectivity index (χ2n) is 10.1. The topological polar surface area (TPSA) is 105 Å². The van der Waals surface area contributed by atoms with E-state index in [4.69, 9.17) is 4.74 Å². The monoisotopic (exact) mass is 450 g/mol. The number of amides is 2. The van der Waals surface area contributed by atoms with E-state index in [2.05, 4.69) is 34.9 Å². The van der Waals surface area contributed by atoms with E-state index in [9.17, 15) is 19.5 Å². The largest absolute Gasteiger partial charge is 0.480 e. The second-order valence-corrected chi connectivity index (χ2v) is 10.1. The van der Waals surface area contributed by atoms with E-state index in [0.29, 0.717) is 12.8 Å². The van der Waals surface area contributed by atoms with Gasteiger partial charge in [0.2, 0.25) is 5.91 Å². The van der Waals surface area contributed by atoms with Gasteiger partial charge in [-0.1, -0.05) is 69.3 Å². The number of ether oxygens (including phenoxy) is 1. The third kappa shape index (κ3) is 4.58. The summed E-state index contributed by atoms with van der Waals surface area (Å²) in [6.07, 6.45) is 0.610. The molecule has 174 valence electrons. The standard InChI is InChI=1S/C26H30N2O5/c1-25(2,3)21(22(29)30)28-23(31)26(12-13-26)15-27-24(32)33-14-20-18-10-6-4-8-16(18)17-9-5-7-11-19(17)20/h4-11,20-21H,12-15H2,1-3H3,(H,27,32)(H,28,31)(H,29,30)/t21-/m0/s1. The fourth-order valence-corrected chi connectivity index (χ4v) is 4.46. The van der Waals surface area contributed by atoms with Crippen LogP contribution in [0.5, 0.6) is 0 Å². The summed E-state index contributed by atoms with van der Waals surface area (Å²) in [6.45, 7) is 5.61. The molecule has 33 heavy (non-hydrogen) atoms. The van der Waals surface area contributed by atoms with E-state index < -0.39 is 28.9 Å². The highest BCUT2D eigenvalue weighted by Gasteiger charge is 2.51. The molecule has 7 heteroatoms. The van der Waals surface area contributed by atoms with Crippen molar-refractivity contribution in [3.05, 3.63) is 59.7 Å². The lowest BCUT2D eigenvalue weighted by Crippen LogP contribution is -2.52. The van der Waals surface area contributed by atoms with Gasteiger partial charge in [0.25, 0.3) is 0 Å². The molecule has 2 aromatic carbocycles. The lowest BCUT2D eigenvalue weighted by molar-refractivity contribution is -0.145. The maximum atomic E-state index is 12.8. The molecular formula is C26H30N2O5. The molecule has 2 aliphatic carbocycles. The lowest BCUT2D eigenvalue weighted by atomic mass is 9.86. The van der Waals surface area contributed by atoms with Crippen molar-refractivity contribution < 1.29 is 24.2 Å². The summed E-state index contributed by atoms with van der Waals surface area (Å²) in [5, 5.41) is 14.8. The van der Waals surface area contributed by atoms with Crippen molar-refractivity contribution in [3.63, 3.8) is 0 Å². The number of hydrogen-bond donors (Lipinski definition) is 3. The Bertz CT molecular complexity index is 1040. The summed E-state index contributed by atoms with van der Waals surface area (Å²) in [4.78, 5) is 36.8. The Labute approximate surface area is 193 Å². The lowest BCUT2D eigenvalue weighted by Gasteiger charge is -2.29. The number of carboxylic acid groups (broad SMARTS) is 1. The van der Waals surface area contributed by atoms with Crippen molar-refractivity contribution in [1.29, 1.82) is 0 Å². The first kappa shape index (κ1) is 22.8. The number of hydrogen-bond acceptors (Lipinski definition) is 4. The molecule has 0 radical (unpaired) electrons. The zero-order valence-corrected chi connectivity index (χ0v) is 19.2. The van der Waals surface area contributed by atoms with E-state index in [-0.39, 0.29) is 25.0 Å². The summed E-state index contributed by atoms with van der Waals surface area (Å²) in [5.74, 6) is -1.45. The van der Waals surface area contributed by atoms with Gasteiger partial charge in [0.15, 0.2) is 0 Å². The highest BCUT2D eigenvalue weighted by molar-refractivity contribution is 5.90. The van der Waals surface area contributed by atoms with Crippen molar-refractivity contribution >= 4 is 18.0 Å². The SMILES string of the molecule is CC(C)(C)[C@@H](NC(=O)C1(CNC(=O)OCC2c3ccccc3-c3ccccc32)CC1)C(=O)O. The van der Waals surface area contributed by atoms with Crippen LogP contribution in [0.4, 0.5) is 4.79 Å². The third-order valence-corrected chi connectivity index (χ3v) is 6.64. The molecule has 0 saturated heterocycles. The van der Waals surface area contributed by atoms with Crippen molar-refractivity contribution in [1.82, 2.24) is 10.6 Å². The number of carbonyl (C=O) groups excluding carboxylic acids is 2. The van der Waals surface area contributed by atoms with Crippen molar-refractivity contribution in [3.8, 4) is 11.1 Å². The fourth-order valence-electron chi connectivity index (χ4n) is 4.46. The quantitative estimate of drug-likeness (QED) is 0.593. The zero-order valence-electron chi connectivity index (χ0n) is 19.2. The second kappa shape index (κ2) is 8.54. The van der Waals surface area contributed by atoms with Crippen LogP contribution in [0.15, 0.2) is 48.5 Å². The number of aliphatic carboxylic acids is 1. The minimum absolute atomic E-state index is 0.0376. The van der Waals surface area contributed by atoms with Crippen molar-refractivity contribution in [2.45, 2.75) is 45.6 Å². The Morgan fingerprint density at radius 1 is 1.03 bits per heavy atom. The van der Waals surface area contributed by atoms with Crippen LogP contribution in [0, 0.1) is 10.8 Å². The molecule has 1 fully saturated rings. The first-order valence-electron chi connectivity index (χ1n) is 11.2. The van der Waals surface area contributed by atoms with Crippen LogP contribution in [0.3, 0.4) is 0 Å². The van der Waals surface area contributed by atoms with Crippen LogP contribution in [-0.2, 0) is 14.3 Å². The Balaban J connectivity index is 1.34. The molecule has 2 aliphatic rings. The molecule has 2 aromatic rings. The Morgan fingerprint density at radius 2 is 1.58 bits per heavy atom. The van der Waals surface area contributed by atoms with Gasteiger partial charge in [-0.25, -0.2) is 9.59 Å². The van der Waals surface area contributed by atoms with Gasteiger partial charge in [-0.3, -0.25) is 4.79 Å². The smallest absolute Gasteiger partial charge is 0.407 e. The number of carbonyl (C=O) groups is 3. The van der Waals surface area contributed by atoms with Crippen molar-refractivity contribution in [2.75, 3.05) is 13.2 Å². The normalized spacial score (nSPS) is 16.8. The van der Waals surface area contributed by atoms with Gasteiger partial charge >= 0.3 is 12.1 Å². The average molecular weight is 451 g/mol. The van der Waals surface area contributed by atoms with E-state index in [1.165, 1.54) is 0 Å². The molecular weight excluding hydrogens is 420 g/mol. The molecule has 0 heterocycles. The summed E-state index contributed by atoms with van der Waals surface area (Å²) >= 11 is 0. The van der Waals surface area contributed by atoms with Gasteiger partial charge < -0.3 is 20.5 Å². The average Bonchev–Trinajstić information content (AvgIpc) is 3.50. The predicted molar refractivity (Wildman–Crippen MR) is 124 cm³/mol. The fraction of sp³-hybridized carbons (Fsp3) is 0.423. The highest BCUT2D eigenvalue weighted by Crippen LogP contribution is 2.46. The third-order valence-electron chi connectivity index (χ3n) is 6.64. The molecule has 0 spiro atoms. The minimum atomic E-state index is -1.07. The molecule has 0 bridgehead atoms. The number of fused-ring (bicyclic) bond motifs is 3. The van der Waals surface area contributed by atoms with E-state index in [1.807, 2.05) is 24.3 Å². The van der Waals surface area contributed by atoms with Gasteiger partial charge in [0.1, 0.15) is 12.6 Å². The van der Waals surface area contributed by atoms with Gasteiger partial charge in [0, 0.05) is 12.5 Å². The van der Waals surface area contributed by atoms with Crippen LogP contribution in [0.25, 0.3) is 11.1 Å². The summed E-state index contributed by atoms with van der Waals surface area (Å²) < 4.78 is 5.54. The Hall–Kier alpha value is -3.35. The van der Waals surface area contributed by atoms with Crippen molar-refractivity contribution in [2.24, 2.45) is 10.8 Å². The molecule has 0 unspecified atom stereocenters. The van der Waals surface area contributed by atoms with Gasteiger partial charge in [-0.15, -0.1) is 0 Å². The van der Waals surface area contributed by atoms with Gasteiger partial charge in [0.05, 0.1) is 5.41 Å². The molecule has 4 rings (SSSR count). The first-order chi connectivity index (χ1) is 15.6. The van der Waals surface area contributed by atoms with E-state index in [0.717, 1.165) is 22.3 Å². The molecule has 1 saturated carbocycles. The molecule has 0 aromatic heterocycles. The summed E-state index contributed by atoms with van der Waals surface area (Å²) in [7, 11) is 0. The molecule has 7 nitrogen and oxygen atoms in total. The number of rotatable bonds is 7. The number of carboxylic acids is 1. The molecule has 0 aliphatic heterocycles. The van der Waals surface area contributed by atoms with Crippen LogP contribution >= 0.6 is 0 Å². The van der Waals surface area contributed by atoms with E-state index >= 15 is 0 Å². The molecule has 1 atom stereocenters. The van der Waals surface area contributed by atoms with Crippen LogP contribution < -0.4 is 10.6 Å². The highest BCUT2D eigenvalue weighted by atomic mass is 16.5. The maximum absolute atomic E-state index is 12.8. The number of benzene rings is 2. The summed E-state index contributed by atoms with van der Waals surface area (Å²) in [6, 6.07) is 15.2. The minimum Gasteiger partial charge on any atom is -0.480 e. The van der Waals surface area contributed by atoms with E-state index in [1.54, 1.807) is 20.8 Å². The number of nitrogens with one attached hydrogen (secondary N) is 2. The first-order valence-corrected chi connectivity index (χ1v) is 11.2. The molecule has 2 amide bonds. The van der Waals surface area contributed by atoms with Crippen LogP contribution in [-0.4, -0.2) is 42.3 Å². The molecule has 3 N–H and O–H groups in total. The Morgan fingerprint density at radius 3 is 2.06 bits per heavy atom. The maximum Gasteiger partial charge on any atom is 0.407 e. The zero-order chi connectivity index (χ0) is 23.8.